The second-order valence-electron chi connectivity index (χ2n) is 5.01. The van der Waals surface area contributed by atoms with Crippen LogP contribution < -0.4 is 10.2 Å². The number of nitrogens with zero attached hydrogens (tertiary/aromatic N) is 1. The van der Waals surface area contributed by atoms with Gasteiger partial charge >= 0.3 is 5.97 Å². The van der Waals surface area contributed by atoms with Gasteiger partial charge in [0, 0.05) is 24.1 Å². The third-order valence-corrected chi connectivity index (χ3v) is 3.18. The summed E-state index contributed by atoms with van der Waals surface area (Å²) in [6.45, 7) is 5.34. The molecule has 0 aliphatic heterocycles. The second-order valence-corrected chi connectivity index (χ2v) is 5.01. The lowest BCUT2D eigenvalue weighted by Gasteiger charge is -2.15. The summed E-state index contributed by atoms with van der Waals surface area (Å²) >= 11 is 0. The summed E-state index contributed by atoms with van der Waals surface area (Å²) in [4.78, 5) is 23.5. The van der Waals surface area contributed by atoms with Crippen molar-refractivity contribution in [2.24, 2.45) is 7.05 Å². The number of carboxylic acid groups (broad SMARTS) is 1. The number of benzene rings is 1. The molecule has 0 spiro atoms. The van der Waals surface area contributed by atoms with Gasteiger partial charge in [-0.3, -0.25) is 4.79 Å². The smallest absolute Gasteiger partial charge is 0.352 e. The molecule has 0 aliphatic rings. The van der Waals surface area contributed by atoms with Crippen LogP contribution in [0.3, 0.4) is 0 Å². The predicted octanol–water partition coefficient (Wildman–Crippen LogP) is 2.33. The van der Waals surface area contributed by atoms with Gasteiger partial charge in [0.05, 0.1) is 11.6 Å². The monoisotopic (exact) mass is 275 g/mol. The summed E-state index contributed by atoms with van der Waals surface area (Å²) in [6.07, 6.45) is 0.00821. The average Bonchev–Trinajstić information content (AvgIpc) is 2.35. The summed E-state index contributed by atoms with van der Waals surface area (Å²) < 4.78 is 7.10. The number of hydrogen-bond donors (Lipinski definition) is 1. The maximum Gasteiger partial charge on any atom is 0.352 e. The highest BCUT2D eigenvalue weighted by Gasteiger charge is 2.17. The first-order valence-corrected chi connectivity index (χ1v) is 6.36. The summed E-state index contributed by atoms with van der Waals surface area (Å²) in [5.41, 5.74) is 0.539. The van der Waals surface area contributed by atoms with E-state index in [1.54, 1.807) is 25.2 Å². The number of hydrogen-bond acceptors (Lipinski definition) is 3. The Morgan fingerprint density at radius 2 is 2.00 bits per heavy atom. The first-order valence-electron chi connectivity index (χ1n) is 6.36. The average molecular weight is 275 g/mol. The number of aromatic nitrogens is 1. The van der Waals surface area contributed by atoms with Crippen LogP contribution in [0.5, 0.6) is 5.75 Å². The van der Waals surface area contributed by atoms with Crippen molar-refractivity contribution in [2.45, 2.75) is 26.9 Å². The van der Waals surface area contributed by atoms with E-state index in [-0.39, 0.29) is 22.8 Å². The van der Waals surface area contributed by atoms with Crippen molar-refractivity contribution in [1.29, 1.82) is 0 Å². The molecule has 106 valence electrons. The minimum absolute atomic E-state index is 0.00389. The van der Waals surface area contributed by atoms with Crippen LogP contribution in [-0.4, -0.2) is 21.7 Å². The molecular formula is C15H17NO4. The van der Waals surface area contributed by atoms with E-state index in [1.165, 1.54) is 11.5 Å². The molecule has 0 atom stereocenters. The van der Waals surface area contributed by atoms with Crippen molar-refractivity contribution in [1.82, 2.24) is 4.57 Å². The molecule has 5 nitrogen and oxygen atoms in total. The van der Waals surface area contributed by atoms with E-state index < -0.39 is 5.97 Å². The topological polar surface area (TPSA) is 68.5 Å². The number of carbonyl (C=O) groups is 1. The lowest BCUT2D eigenvalue weighted by Crippen LogP contribution is -2.20. The zero-order chi connectivity index (χ0) is 15.0. The molecule has 0 amide bonds. The minimum Gasteiger partial charge on any atom is -0.491 e. The normalized spacial score (nSPS) is 11.1. The van der Waals surface area contributed by atoms with Gasteiger partial charge in [0.15, 0.2) is 5.43 Å². The van der Waals surface area contributed by atoms with Crippen LogP contribution >= 0.6 is 0 Å². The minimum atomic E-state index is -1.11. The van der Waals surface area contributed by atoms with E-state index in [0.29, 0.717) is 16.7 Å². The second kappa shape index (κ2) is 5.00. The largest absolute Gasteiger partial charge is 0.491 e. The van der Waals surface area contributed by atoms with Gasteiger partial charge in [0.25, 0.3) is 0 Å². The van der Waals surface area contributed by atoms with Crippen LogP contribution in [0.25, 0.3) is 10.9 Å². The van der Waals surface area contributed by atoms with E-state index in [4.69, 9.17) is 4.74 Å². The van der Waals surface area contributed by atoms with Crippen molar-refractivity contribution >= 4 is 16.9 Å². The Morgan fingerprint density at radius 1 is 1.35 bits per heavy atom. The predicted molar refractivity (Wildman–Crippen MR) is 76.6 cm³/mol. The van der Waals surface area contributed by atoms with Gasteiger partial charge in [0.1, 0.15) is 11.4 Å². The molecule has 1 heterocycles. The Balaban J connectivity index is 2.81. The summed E-state index contributed by atoms with van der Waals surface area (Å²) in [7, 11) is 1.64. The molecule has 20 heavy (non-hydrogen) atoms. The zero-order valence-electron chi connectivity index (χ0n) is 11.9. The number of fused-ring (bicyclic) bond motifs is 1. The first-order chi connectivity index (χ1) is 9.32. The van der Waals surface area contributed by atoms with E-state index >= 15 is 0 Å². The van der Waals surface area contributed by atoms with Crippen molar-refractivity contribution in [3.05, 3.63) is 39.7 Å². The first kappa shape index (κ1) is 14.1. The van der Waals surface area contributed by atoms with Crippen LogP contribution in [0, 0.1) is 6.92 Å². The standard InChI is InChI=1S/C15H17NO4/c1-8(2)20-10-5-6-11-12(7-10)16(4)13(15(18)19)9(3)14(11)17/h5-8H,1-4H3,(H,18,19). The van der Waals surface area contributed by atoms with Crippen LogP contribution in [-0.2, 0) is 7.05 Å². The fourth-order valence-electron chi connectivity index (χ4n) is 2.31. The number of rotatable bonds is 3. The Hall–Kier alpha value is -2.30. The third-order valence-electron chi connectivity index (χ3n) is 3.18. The number of ether oxygens (including phenoxy) is 1. The zero-order valence-corrected chi connectivity index (χ0v) is 11.9. The molecule has 0 fully saturated rings. The molecule has 0 aliphatic carbocycles. The van der Waals surface area contributed by atoms with E-state index in [2.05, 4.69) is 0 Å². The van der Waals surface area contributed by atoms with Gasteiger partial charge in [-0.25, -0.2) is 4.79 Å². The molecule has 0 unspecified atom stereocenters. The fourth-order valence-corrected chi connectivity index (χ4v) is 2.31. The summed E-state index contributed by atoms with van der Waals surface area (Å²) in [6, 6.07) is 5.10. The molecule has 0 saturated carbocycles. The summed E-state index contributed by atoms with van der Waals surface area (Å²) in [5.74, 6) is -0.498. The van der Waals surface area contributed by atoms with Crippen LogP contribution in [0.2, 0.25) is 0 Å². The molecular weight excluding hydrogens is 258 g/mol. The van der Waals surface area contributed by atoms with Crippen molar-refractivity contribution in [3.8, 4) is 5.75 Å². The Bertz CT molecular complexity index is 744. The van der Waals surface area contributed by atoms with Crippen molar-refractivity contribution in [2.75, 3.05) is 0 Å². The molecule has 2 aromatic rings. The third kappa shape index (κ3) is 2.27. The van der Waals surface area contributed by atoms with Crippen LogP contribution in [0.15, 0.2) is 23.0 Å². The maximum atomic E-state index is 12.2. The lowest BCUT2D eigenvalue weighted by molar-refractivity contribution is 0.0685. The highest BCUT2D eigenvalue weighted by Crippen LogP contribution is 2.21. The number of carboxylic acids is 1. The van der Waals surface area contributed by atoms with Gasteiger partial charge in [0.2, 0.25) is 0 Å². The Labute approximate surface area is 116 Å². The Morgan fingerprint density at radius 3 is 2.55 bits per heavy atom. The highest BCUT2D eigenvalue weighted by molar-refractivity contribution is 5.92. The molecule has 1 aromatic carbocycles. The van der Waals surface area contributed by atoms with E-state index in [9.17, 15) is 14.7 Å². The molecule has 0 saturated heterocycles. The lowest BCUT2D eigenvalue weighted by atomic mass is 10.1. The molecule has 0 bridgehead atoms. The quantitative estimate of drug-likeness (QED) is 0.933. The Kier molecular flexibility index (Phi) is 3.53. The maximum absolute atomic E-state index is 12.2. The van der Waals surface area contributed by atoms with Gasteiger partial charge in [-0.1, -0.05) is 0 Å². The summed E-state index contributed by atoms with van der Waals surface area (Å²) in [5, 5.41) is 9.75. The van der Waals surface area contributed by atoms with Gasteiger partial charge in [-0.2, -0.15) is 0 Å². The van der Waals surface area contributed by atoms with Crippen molar-refractivity contribution < 1.29 is 14.6 Å². The molecule has 2 rings (SSSR count). The molecule has 1 aromatic heterocycles. The van der Waals surface area contributed by atoms with E-state index in [0.717, 1.165) is 0 Å². The van der Waals surface area contributed by atoms with Gasteiger partial charge in [-0.05, 0) is 32.9 Å². The molecule has 0 radical (unpaired) electrons. The van der Waals surface area contributed by atoms with E-state index in [1.807, 2.05) is 13.8 Å². The highest BCUT2D eigenvalue weighted by atomic mass is 16.5. The van der Waals surface area contributed by atoms with Crippen LogP contribution in [0.1, 0.15) is 29.9 Å². The van der Waals surface area contributed by atoms with Crippen LogP contribution in [0.4, 0.5) is 0 Å². The van der Waals surface area contributed by atoms with Gasteiger partial charge in [-0.15, -0.1) is 0 Å². The number of aryl methyl sites for hydroxylation is 1. The SMILES string of the molecule is Cc1c(C(=O)O)n(C)c2cc(OC(C)C)ccc2c1=O. The fraction of sp³-hybridized carbons (Fsp3) is 0.333. The van der Waals surface area contributed by atoms with Gasteiger partial charge < -0.3 is 14.4 Å². The number of aromatic carboxylic acids is 1. The molecule has 5 heteroatoms. The number of pyridine rings is 1. The molecule has 1 N–H and O–H groups in total. The van der Waals surface area contributed by atoms with Crippen molar-refractivity contribution in [3.63, 3.8) is 0 Å².